The van der Waals surface area contributed by atoms with Gasteiger partial charge in [0.15, 0.2) is 0 Å². The fraction of sp³-hybridized carbons (Fsp3) is 0.0286. The van der Waals surface area contributed by atoms with E-state index < -0.39 is 0 Å². The second-order valence-electron chi connectivity index (χ2n) is 9.75. The Balaban J connectivity index is 1.61. The average molecular weight is 554 g/mol. The first-order valence-corrected chi connectivity index (χ1v) is 14.2. The molecule has 0 amide bonds. The van der Waals surface area contributed by atoms with Gasteiger partial charge in [0.25, 0.3) is 0 Å². The average Bonchev–Trinajstić information content (AvgIpc) is 3.59. The Hall–Kier alpha value is -3.72. The normalized spacial score (nSPS) is 16.4. The number of rotatable bonds is 2. The summed E-state index contributed by atoms with van der Waals surface area (Å²) in [6, 6.07) is 46.7. The van der Waals surface area contributed by atoms with Gasteiger partial charge in [0, 0.05) is 25.4 Å². The maximum Gasteiger partial charge on any atom is 0.0740 e. The standard InChI is InChI=1S/C35H21BrS/c36-29-21-11-20-28-30(29)24-16-7-9-18-26(24)35(28)27-19-10-8-17-25(27)31-32(35)34(23-14-5-2-6-15-23)37-33(31)22-12-3-1-4-13-22/h1-21H. The summed E-state index contributed by atoms with van der Waals surface area (Å²) in [6.45, 7) is 0. The zero-order valence-electron chi connectivity index (χ0n) is 19.9. The van der Waals surface area contributed by atoms with Crippen molar-refractivity contribution in [3.05, 3.63) is 154 Å². The summed E-state index contributed by atoms with van der Waals surface area (Å²) in [5.41, 5.74) is 13.1. The van der Waals surface area contributed by atoms with Crippen molar-refractivity contribution in [3.63, 3.8) is 0 Å². The Kier molecular flexibility index (Phi) is 4.56. The van der Waals surface area contributed by atoms with Gasteiger partial charge in [-0.05, 0) is 50.6 Å². The van der Waals surface area contributed by atoms with E-state index >= 15 is 0 Å². The maximum atomic E-state index is 3.94. The molecule has 0 fully saturated rings. The summed E-state index contributed by atoms with van der Waals surface area (Å²) in [6.07, 6.45) is 0. The van der Waals surface area contributed by atoms with Crippen LogP contribution in [0.25, 0.3) is 43.1 Å². The monoisotopic (exact) mass is 552 g/mol. The minimum absolute atomic E-state index is 0.365. The van der Waals surface area contributed by atoms with Crippen LogP contribution in [0.4, 0.5) is 0 Å². The molecule has 37 heavy (non-hydrogen) atoms. The van der Waals surface area contributed by atoms with Crippen LogP contribution >= 0.6 is 27.3 Å². The van der Waals surface area contributed by atoms with Gasteiger partial charge in [-0.2, -0.15) is 0 Å². The van der Waals surface area contributed by atoms with Crippen molar-refractivity contribution >= 4 is 27.3 Å². The van der Waals surface area contributed by atoms with E-state index in [1.807, 2.05) is 11.3 Å². The number of thiophene rings is 1. The molecule has 174 valence electrons. The van der Waals surface area contributed by atoms with E-state index in [9.17, 15) is 0 Å². The Bertz CT molecular complexity index is 1830. The topological polar surface area (TPSA) is 0 Å². The Morgan fingerprint density at radius 2 is 0.973 bits per heavy atom. The summed E-state index contributed by atoms with van der Waals surface area (Å²) < 4.78 is 1.15. The largest absolute Gasteiger partial charge is 0.134 e. The highest BCUT2D eigenvalue weighted by Gasteiger charge is 2.54. The lowest BCUT2D eigenvalue weighted by molar-refractivity contribution is 0.798. The first kappa shape index (κ1) is 21.4. The lowest BCUT2D eigenvalue weighted by Crippen LogP contribution is -2.26. The van der Waals surface area contributed by atoms with E-state index in [1.165, 1.54) is 65.4 Å². The highest BCUT2D eigenvalue weighted by molar-refractivity contribution is 9.10. The predicted octanol–water partition coefficient (Wildman–Crippen LogP) is 10.2. The molecule has 1 spiro atoms. The van der Waals surface area contributed by atoms with E-state index in [0.29, 0.717) is 0 Å². The molecular weight excluding hydrogens is 532 g/mol. The van der Waals surface area contributed by atoms with E-state index in [1.54, 1.807) is 0 Å². The van der Waals surface area contributed by atoms with Crippen LogP contribution in [0.1, 0.15) is 22.3 Å². The first-order valence-electron chi connectivity index (χ1n) is 12.6. The quantitative estimate of drug-likeness (QED) is 0.200. The molecule has 0 radical (unpaired) electrons. The maximum absolute atomic E-state index is 3.94. The third-order valence-corrected chi connectivity index (χ3v) is 9.92. The molecule has 0 nitrogen and oxygen atoms in total. The van der Waals surface area contributed by atoms with E-state index in [4.69, 9.17) is 0 Å². The van der Waals surface area contributed by atoms with Crippen LogP contribution in [0.3, 0.4) is 0 Å². The fourth-order valence-corrected chi connectivity index (χ4v) is 8.60. The van der Waals surface area contributed by atoms with Crippen molar-refractivity contribution in [2.75, 3.05) is 0 Å². The molecule has 2 aliphatic rings. The molecule has 6 aromatic rings. The van der Waals surface area contributed by atoms with Crippen LogP contribution in [0, 0.1) is 0 Å². The highest BCUT2D eigenvalue weighted by atomic mass is 79.9. The molecule has 0 bridgehead atoms. The van der Waals surface area contributed by atoms with Gasteiger partial charge in [-0.3, -0.25) is 0 Å². The van der Waals surface area contributed by atoms with Crippen molar-refractivity contribution < 1.29 is 0 Å². The third kappa shape index (κ3) is 2.72. The molecule has 0 aliphatic heterocycles. The van der Waals surface area contributed by atoms with Crippen molar-refractivity contribution in [2.45, 2.75) is 5.41 Å². The van der Waals surface area contributed by atoms with E-state index in [0.717, 1.165) is 4.47 Å². The smallest absolute Gasteiger partial charge is 0.0740 e. The Morgan fingerprint density at radius 3 is 1.62 bits per heavy atom. The van der Waals surface area contributed by atoms with Crippen LogP contribution in [0.5, 0.6) is 0 Å². The number of benzene rings is 5. The van der Waals surface area contributed by atoms with E-state index in [2.05, 4.69) is 143 Å². The zero-order chi connectivity index (χ0) is 24.6. The van der Waals surface area contributed by atoms with Crippen LogP contribution in [-0.4, -0.2) is 0 Å². The van der Waals surface area contributed by atoms with Gasteiger partial charge in [-0.1, -0.05) is 137 Å². The Morgan fingerprint density at radius 1 is 0.459 bits per heavy atom. The van der Waals surface area contributed by atoms with Gasteiger partial charge >= 0.3 is 0 Å². The zero-order valence-corrected chi connectivity index (χ0v) is 22.3. The first-order chi connectivity index (χ1) is 18.3. The van der Waals surface area contributed by atoms with Crippen molar-refractivity contribution in [1.29, 1.82) is 0 Å². The summed E-state index contributed by atoms with van der Waals surface area (Å²) in [4.78, 5) is 2.70. The Labute approximate surface area is 229 Å². The van der Waals surface area contributed by atoms with Gasteiger partial charge in [0.1, 0.15) is 0 Å². The van der Waals surface area contributed by atoms with Crippen LogP contribution < -0.4 is 0 Å². The molecule has 2 aliphatic carbocycles. The molecule has 1 aromatic heterocycles. The molecule has 1 heterocycles. The van der Waals surface area contributed by atoms with Gasteiger partial charge in [0.2, 0.25) is 0 Å². The number of halogens is 1. The van der Waals surface area contributed by atoms with E-state index in [-0.39, 0.29) is 5.41 Å². The molecule has 0 saturated heterocycles. The predicted molar refractivity (Wildman–Crippen MR) is 159 cm³/mol. The SMILES string of the molecule is Brc1cccc2c1-c1ccccc1C21c2ccccc2-c2c(-c3ccccc3)sc(-c3ccccc3)c21. The molecule has 2 heteroatoms. The lowest BCUT2D eigenvalue weighted by atomic mass is 9.70. The molecule has 5 aromatic carbocycles. The third-order valence-electron chi connectivity index (χ3n) is 7.97. The van der Waals surface area contributed by atoms with Crippen molar-refractivity contribution in [3.8, 4) is 43.1 Å². The van der Waals surface area contributed by atoms with Gasteiger partial charge in [-0.15, -0.1) is 11.3 Å². The van der Waals surface area contributed by atoms with Crippen molar-refractivity contribution in [2.24, 2.45) is 0 Å². The molecule has 1 atom stereocenters. The molecule has 1 unspecified atom stereocenters. The highest BCUT2D eigenvalue weighted by Crippen LogP contribution is 2.68. The number of fused-ring (bicyclic) bond motifs is 10. The number of hydrogen-bond acceptors (Lipinski definition) is 1. The summed E-state index contributed by atoms with van der Waals surface area (Å²) in [7, 11) is 0. The van der Waals surface area contributed by atoms with Crippen LogP contribution in [-0.2, 0) is 5.41 Å². The molecule has 8 rings (SSSR count). The van der Waals surface area contributed by atoms with Gasteiger partial charge in [0.05, 0.1) is 5.41 Å². The van der Waals surface area contributed by atoms with Gasteiger partial charge < -0.3 is 0 Å². The van der Waals surface area contributed by atoms with Crippen LogP contribution in [0.2, 0.25) is 0 Å². The number of hydrogen-bond donors (Lipinski definition) is 0. The minimum Gasteiger partial charge on any atom is -0.134 e. The minimum atomic E-state index is -0.365. The summed E-state index contributed by atoms with van der Waals surface area (Å²) in [5, 5.41) is 0. The molecule has 0 N–H and O–H groups in total. The second-order valence-corrected chi connectivity index (χ2v) is 11.6. The van der Waals surface area contributed by atoms with Crippen LogP contribution in [0.15, 0.2) is 132 Å². The molecular formula is C35H21BrS. The second kappa shape index (κ2) is 7.89. The fourth-order valence-electron chi connectivity index (χ4n) is 6.64. The van der Waals surface area contributed by atoms with Crippen molar-refractivity contribution in [1.82, 2.24) is 0 Å². The summed E-state index contributed by atoms with van der Waals surface area (Å²) >= 11 is 5.87. The van der Waals surface area contributed by atoms with Gasteiger partial charge in [-0.25, -0.2) is 0 Å². The molecule has 0 saturated carbocycles. The lowest BCUT2D eigenvalue weighted by Gasteiger charge is -2.31. The summed E-state index contributed by atoms with van der Waals surface area (Å²) in [5.74, 6) is 0.